The maximum Gasteiger partial charge on any atom is 0.257 e. The summed E-state index contributed by atoms with van der Waals surface area (Å²) in [7, 11) is 0. The Morgan fingerprint density at radius 1 is 1.15 bits per heavy atom. The van der Waals surface area contributed by atoms with Gasteiger partial charge in [-0.25, -0.2) is 9.97 Å². The molecule has 1 aliphatic rings. The molecule has 0 bridgehead atoms. The van der Waals surface area contributed by atoms with Gasteiger partial charge in [-0.1, -0.05) is 11.6 Å². The first-order chi connectivity index (χ1) is 12.6. The molecule has 3 aromatic rings. The van der Waals surface area contributed by atoms with Gasteiger partial charge >= 0.3 is 0 Å². The lowest BCUT2D eigenvalue weighted by atomic mass is 10.1. The molecule has 5 nitrogen and oxygen atoms in total. The number of hydrogen-bond acceptors (Lipinski definition) is 5. The van der Waals surface area contributed by atoms with Crippen molar-refractivity contribution in [2.24, 2.45) is 0 Å². The number of hydrogen-bond donors (Lipinski definition) is 1. The first-order valence-corrected chi connectivity index (χ1v) is 9.89. The Morgan fingerprint density at radius 3 is 2.62 bits per heavy atom. The smallest absolute Gasteiger partial charge is 0.257 e. The quantitative estimate of drug-likeness (QED) is 0.695. The van der Waals surface area contributed by atoms with Crippen molar-refractivity contribution in [2.75, 3.05) is 23.3 Å². The van der Waals surface area contributed by atoms with E-state index >= 15 is 0 Å². The molecule has 1 aromatic carbocycles. The van der Waals surface area contributed by atoms with Crippen molar-refractivity contribution < 1.29 is 4.79 Å². The number of nitrogens with zero attached hydrogens (tertiary/aromatic N) is 3. The van der Waals surface area contributed by atoms with Crippen LogP contribution in [0.25, 0.3) is 10.2 Å². The number of aryl methyl sites for hydroxylation is 1. The highest BCUT2D eigenvalue weighted by atomic mass is 35.5. The lowest BCUT2D eigenvalue weighted by Gasteiger charge is -2.28. The number of nitrogens with one attached hydrogen (secondary N) is 1. The standard InChI is InChI=1S/C19H19ClN4OS/c1-12-15(18(25)23-14-7-5-13(20)6-8-14)16-17(21-11-22-19(16)26-12)24-9-3-2-4-10-24/h5-8,11H,2-4,9-10H2,1H3,(H,23,25). The van der Waals surface area contributed by atoms with Crippen LogP contribution in [0.3, 0.4) is 0 Å². The van der Waals surface area contributed by atoms with E-state index in [-0.39, 0.29) is 5.91 Å². The maximum atomic E-state index is 13.0. The van der Waals surface area contributed by atoms with Gasteiger partial charge in [0.2, 0.25) is 0 Å². The highest BCUT2D eigenvalue weighted by Crippen LogP contribution is 2.36. The molecule has 1 N–H and O–H groups in total. The van der Waals surface area contributed by atoms with Gasteiger partial charge in [-0.3, -0.25) is 4.79 Å². The Balaban J connectivity index is 1.75. The third kappa shape index (κ3) is 3.27. The van der Waals surface area contributed by atoms with Gasteiger partial charge in [0, 0.05) is 28.7 Å². The molecule has 1 fully saturated rings. The van der Waals surface area contributed by atoms with Crippen LogP contribution in [0.15, 0.2) is 30.6 Å². The largest absolute Gasteiger partial charge is 0.356 e. The van der Waals surface area contributed by atoms with E-state index in [9.17, 15) is 4.79 Å². The van der Waals surface area contributed by atoms with Crippen molar-refractivity contribution >= 4 is 50.6 Å². The fourth-order valence-electron chi connectivity index (χ4n) is 3.37. The van der Waals surface area contributed by atoms with Gasteiger partial charge in [0.1, 0.15) is 17.0 Å². The summed E-state index contributed by atoms with van der Waals surface area (Å²) in [5.41, 5.74) is 1.38. The van der Waals surface area contributed by atoms with Crippen LogP contribution < -0.4 is 10.2 Å². The minimum absolute atomic E-state index is 0.135. The average molecular weight is 387 g/mol. The number of carbonyl (C=O) groups excluding carboxylic acids is 1. The van der Waals surface area contributed by atoms with Crippen LogP contribution in [-0.4, -0.2) is 29.0 Å². The number of anilines is 2. The van der Waals surface area contributed by atoms with Crippen LogP contribution in [0.2, 0.25) is 5.02 Å². The van der Waals surface area contributed by atoms with Crippen molar-refractivity contribution in [1.82, 2.24) is 9.97 Å². The third-order valence-electron chi connectivity index (χ3n) is 4.63. The van der Waals surface area contributed by atoms with Crippen molar-refractivity contribution in [3.8, 4) is 0 Å². The topological polar surface area (TPSA) is 58.1 Å². The summed E-state index contributed by atoms with van der Waals surface area (Å²) < 4.78 is 0. The van der Waals surface area contributed by atoms with E-state index in [0.717, 1.165) is 52.5 Å². The number of amides is 1. The Hall–Kier alpha value is -2.18. The normalized spacial score (nSPS) is 14.6. The maximum absolute atomic E-state index is 13.0. The molecule has 7 heteroatoms. The number of benzene rings is 1. The highest BCUT2D eigenvalue weighted by molar-refractivity contribution is 7.19. The summed E-state index contributed by atoms with van der Waals surface area (Å²) in [5.74, 6) is 0.740. The summed E-state index contributed by atoms with van der Waals surface area (Å²) in [6.45, 7) is 3.90. The Kier molecular flexibility index (Phi) is 4.78. The van der Waals surface area contributed by atoms with Crippen LogP contribution >= 0.6 is 22.9 Å². The van der Waals surface area contributed by atoms with Gasteiger partial charge in [-0.15, -0.1) is 11.3 Å². The zero-order valence-electron chi connectivity index (χ0n) is 14.5. The van der Waals surface area contributed by atoms with Gasteiger partial charge in [0.25, 0.3) is 5.91 Å². The van der Waals surface area contributed by atoms with E-state index in [1.54, 1.807) is 30.6 Å². The van der Waals surface area contributed by atoms with Gasteiger partial charge in [-0.05, 0) is 50.5 Å². The summed E-state index contributed by atoms with van der Waals surface area (Å²) in [6, 6.07) is 7.12. The summed E-state index contributed by atoms with van der Waals surface area (Å²) in [5, 5.41) is 4.47. The molecular formula is C19H19ClN4OS. The summed E-state index contributed by atoms with van der Waals surface area (Å²) >= 11 is 7.46. The second-order valence-corrected chi connectivity index (χ2v) is 8.06. The summed E-state index contributed by atoms with van der Waals surface area (Å²) in [4.78, 5) is 26.0. The van der Waals surface area contributed by atoms with Gasteiger partial charge in [0.05, 0.1) is 10.9 Å². The molecule has 0 atom stereocenters. The molecular weight excluding hydrogens is 368 g/mol. The SMILES string of the molecule is Cc1sc2ncnc(N3CCCCC3)c2c1C(=O)Nc1ccc(Cl)cc1. The zero-order chi connectivity index (χ0) is 18.1. The molecule has 0 aliphatic carbocycles. The molecule has 134 valence electrons. The Labute approximate surface area is 161 Å². The number of halogens is 1. The van der Waals surface area contributed by atoms with E-state index in [0.29, 0.717) is 10.6 Å². The molecule has 1 saturated heterocycles. The van der Waals surface area contributed by atoms with E-state index < -0.39 is 0 Å². The van der Waals surface area contributed by atoms with E-state index in [1.807, 2.05) is 6.92 Å². The molecule has 0 radical (unpaired) electrons. The number of rotatable bonds is 3. The highest BCUT2D eigenvalue weighted by Gasteiger charge is 2.24. The monoisotopic (exact) mass is 386 g/mol. The predicted octanol–water partition coefficient (Wildman–Crippen LogP) is 4.90. The minimum Gasteiger partial charge on any atom is -0.356 e. The van der Waals surface area contributed by atoms with E-state index in [2.05, 4.69) is 20.2 Å². The molecule has 3 heterocycles. The molecule has 26 heavy (non-hydrogen) atoms. The van der Waals surface area contributed by atoms with Gasteiger partial charge in [0.15, 0.2) is 0 Å². The molecule has 0 unspecified atom stereocenters. The molecule has 0 spiro atoms. The van der Waals surface area contributed by atoms with E-state index in [1.165, 1.54) is 17.8 Å². The van der Waals surface area contributed by atoms with Crippen molar-refractivity contribution in [3.63, 3.8) is 0 Å². The molecule has 1 amide bonds. The first kappa shape index (κ1) is 17.2. The van der Waals surface area contributed by atoms with Crippen LogP contribution in [0, 0.1) is 6.92 Å². The van der Waals surface area contributed by atoms with Crippen LogP contribution in [0.5, 0.6) is 0 Å². The van der Waals surface area contributed by atoms with Crippen molar-refractivity contribution in [2.45, 2.75) is 26.2 Å². The Morgan fingerprint density at radius 2 is 1.88 bits per heavy atom. The van der Waals surface area contributed by atoms with Crippen LogP contribution in [0.4, 0.5) is 11.5 Å². The number of thiophene rings is 1. The summed E-state index contributed by atoms with van der Waals surface area (Å²) in [6.07, 6.45) is 5.15. The van der Waals surface area contributed by atoms with Crippen LogP contribution in [-0.2, 0) is 0 Å². The van der Waals surface area contributed by atoms with Crippen molar-refractivity contribution in [1.29, 1.82) is 0 Å². The van der Waals surface area contributed by atoms with Gasteiger partial charge in [-0.2, -0.15) is 0 Å². The minimum atomic E-state index is -0.135. The number of fused-ring (bicyclic) bond motifs is 1. The second kappa shape index (κ2) is 7.21. The lowest BCUT2D eigenvalue weighted by molar-refractivity contribution is 0.102. The molecule has 1 aliphatic heterocycles. The zero-order valence-corrected chi connectivity index (χ0v) is 16.0. The van der Waals surface area contributed by atoms with Crippen molar-refractivity contribution in [3.05, 3.63) is 46.1 Å². The van der Waals surface area contributed by atoms with E-state index in [4.69, 9.17) is 11.6 Å². The number of piperidine rings is 1. The molecule has 4 rings (SSSR count). The molecule has 2 aromatic heterocycles. The number of aromatic nitrogens is 2. The number of carbonyl (C=O) groups is 1. The lowest BCUT2D eigenvalue weighted by Crippen LogP contribution is -2.30. The average Bonchev–Trinajstić information content (AvgIpc) is 3.00. The fraction of sp³-hybridized carbons (Fsp3) is 0.316. The molecule has 0 saturated carbocycles. The van der Waals surface area contributed by atoms with Gasteiger partial charge < -0.3 is 10.2 Å². The first-order valence-electron chi connectivity index (χ1n) is 8.69. The van der Waals surface area contributed by atoms with Crippen LogP contribution in [0.1, 0.15) is 34.5 Å². The second-order valence-electron chi connectivity index (χ2n) is 6.42. The fourth-order valence-corrected chi connectivity index (χ4v) is 4.48. The Bertz CT molecular complexity index is 948. The predicted molar refractivity (Wildman–Crippen MR) is 108 cm³/mol. The third-order valence-corrected chi connectivity index (χ3v) is 5.89.